The zero-order valence-electron chi connectivity index (χ0n) is 15.0. The van der Waals surface area contributed by atoms with Crippen LogP contribution in [0.4, 0.5) is 22.7 Å². The first-order valence-electron chi connectivity index (χ1n) is 8.84. The average molecular weight is 353 g/mol. The van der Waals surface area contributed by atoms with Crippen LogP contribution in [0.3, 0.4) is 0 Å². The maximum atomic E-state index is 11.4. The zero-order chi connectivity index (χ0) is 18.1. The van der Waals surface area contributed by atoms with Gasteiger partial charge >= 0.3 is 0 Å². The number of carbonyl (C=O) groups excluding carboxylic acids is 1. The lowest BCUT2D eigenvalue weighted by Crippen LogP contribution is -2.25. The van der Waals surface area contributed by atoms with Crippen molar-refractivity contribution in [2.45, 2.75) is 19.4 Å². The van der Waals surface area contributed by atoms with Crippen LogP contribution < -0.4 is 20.3 Å². The van der Waals surface area contributed by atoms with Gasteiger partial charge in [0.05, 0.1) is 11.8 Å². The number of anilines is 4. The lowest BCUT2D eigenvalue weighted by Gasteiger charge is -2.21. The summed E-state index contributed by atoms with van der Waals surface area (Å²) in [6.45, 7) is 4.13. The van der Waals surface area contributed by atoms with Crippen molar-refractivity contribution in [3.63, 3.8) is 0 Å². The molecule has 1 amide bonds. The quantitative estimate of drug-likeness (QED) is 0.883. The van der Waals surface area contributed by atoms with Crippen LogP contribution in [0.2, 0.25) is 0 Å². The minimum Gasteiger partial charge on any atom is -0.482 e. The van der Waals surface area contributed by atoms with Crippen LogP contribution in [0.25, 0.3) is 0 Å². The Morgan fingerprint density at radius 3 is 2.92 bits per heavy atom. The maximum absolute atomic E-state index is 11.4. The summed E-state index contributed by atoms with van der Waals surface area (Å²) in [6.07, 6.45) is 1.39. The molecule has 6 heteroatoms. The van der Waals surface area contributed by atoms with Gasteiger partial charge in [0.1, 0.15) is 5.75 Å². The van der Waals surface area contributed by atoms with Crippen molar-refractivity contribution in [1.82, 2.24) is 0 Å². The largest absolute Gasteiger partial charge is 0.482 e. The molecule has 2 aliphatic heterocycles. The van der Waals surface area contributed by atoms with Gasteiger partial charge < -0.3 is 25.0 Å². The topological polar surface area (TPSA) is 62.8 Å². The molecule has 2 N–H and O–H groups in total. The predicted octanol–water partition coefficient (Wildman–Crippen LogP) is 3.29. The number of ether oxygens (including phenoxy) is 2. The molecule has 0 spiro atoms. The molecule has 1 atom stereocenters. The minimum absolute atomic E-state index is 0.0580. The first kappa shape index (κ1) is 16.7. The summed E-state index contributed by atoms with van der Waals surface area (Å²) in [5.74, 6) is 0.564. The summed E-state index contributed by atoms with van der Waals surface area (Å²) >= 11 is 0. The smallest absolute Gasteiger partial charge is 0.262 e. The molecule has 136 valence electrons. The number of hydrogen-bond donors (Lipinski definition) is 2. The van der Waals surface area contributed by atoms with E-state index in [2.05, 4.69) is 40.7 Å². The van der Waals surface area contributed by atoms with E-state index in [1.54, 1.807) is 7.11 Å². The van der Waals surface area contributed by atoms with Gasteiger partial charge in [-0.2, -0.15) is 0 Å². The molecule has 0 saturated carbocycles. The van der Waals surface area contributed by atoms with E-state index in [1.165, 1.54) is 11.3 Å². The molecule has 2 aromatic carbocycles. The van der Waals surface area contributed by atoms with E-state index in [-0.39, 0.29) is 12.5 Å². The molecule has 6 nitrogen and oxygen atoms in total. The van der Waals surface area contributed by atoms with Crippen LogP contribution in [0.1, 0.15) is 12.0 Å². The van der Waals surface area contributed by atoms with Crippen molar-refractivity contribution in [1.29, 1.82) is 0 Å². The Kier molecular flexibility index (Phi) is 4.42. The highest BCUT2D eigenvalue weighted by atomic mass is 16.5. The molecule has 0 aromatic heterocycles. The maximum Gasteiger partial charge on any atom is 0.262 e. The lowest BCUT2D eigenvalue weighted by atomic mass is 10.1. The summed E-state index contributed by atoms with van der Waals surface area (Å²) < 4.78 is 10.9. The summed E-state index contributed by atoms with van der Waals surface area (Å²) in [6, 6.07) is 12.1. The fourth-order valence-corrected chi connectivity index (χ4v) is 3.45. The van der Waals surface area contributed by atoms with Crippen LogP contribution >= 0.6 is 0 Å². The molecule has 2 aliphatic rings. The summed E-state index contributed by atoms with van der Waals surface area (Å²) in [5.41, 5.74) is 5.09. The van der Waals surface area contributed by atoms with Gasteiger partial charge in [0.25, 0.3) is 5.91 Å². The SMILES string of the molecule is COC1CCN(c2ccc(Nc3ccc4c(c3)OCC(=O)N4)c(C)c2)C1. The van der Waals surface area contributed by atoms with E-state index in [1.807, 2.05) is 18.2 Å². The van der Waals surface area contributed by atoms with Crippen molar-refractivity contribution in [3.05, 3.63) is 42.0 Å². The van der Waals surface area contributed by atoms with Crippen molar-refractivity contribution < 1.29 is 14.3 Å². The Hall–Kier alpha value is -2.73. The van der Waals surface area contributed by atoms with Crippen LogP contribution in [0, 0.1) is 6.92 Å². The molecule has 1 saturated heterocycles. The normalized spacial score (nSPS) is 18.9. The number of amides is 1. The number of benzene rings is 2. The standard InChI is InChI=1S/C20H23N3O3/c1-13-9-15(23-8-7-16(11-23)25-2)4-6-17(13)21-14-3-5-18-19(10-14)26-12-20(24)22-18/h3-6,9-10,16,21H,7-8,11-12H2,1-2H3,(H,22,24). The second kappa shape index (κ2) is 6.88. The number of nitrogens with zero attached hydrogens (tertiary/aromatic N) is 1. The molecule has 1 fully saturated rings. The molecule has 1 unspecified atom stereocenters. The third kappa shape index (κ3) is 3.32. The van der Waals surface area contributed by atoms with Gasteiger partial charge in [0.2, 0.25) is 0 Å². The van der Waals surface area contributed by atoms with Gasteiger partial charge in [0.15, 0.2) is 6.61 Å². The molecular weight excluding hydrogens is 330 g/mol. The number of hydrogen-bond acceptors (Lipinski definition) is 5. The molecule has 0 aliphatic carbocycles. The Morgan fingerprint density at radius 1 is 1.27 bits per heavy atom. The minimum atomic E-state index is -0.123. The van der Waals surface area contributed by atoms with Gasteiger partial charge in [-0.15, -0.1) is 0 Å². The zero-order valence-corrected chi connectivity index (χ0v) is 15.0. The van der Waals surface area contributed by atoms with Gasteiger partial charge in [-0.05, 0) is 49.2 Å². The number of nitrogens with one attached hydrogen (secondary N) is 2. The number of rotatable bonds is 4. The van der Waals surface area contributed by atoms with Crippen molar-refractivity contribution in [3.8, 4) is 5.75 Å². The monoisotopic (exact) mass is 353 g/mol. The Balaban J connectivity index is 1.49. The van der Waals surface area contributed by atoms with E-state index in [9.17, 15) is 4.79 Å². The highest BCUT2D eigenvalue weighted by Crippen LogP contribution is 2.33. The fourth-order valence-electron chi connectivity index (χ4n) is 3.45. The summed E-state index contributed by atoms with van der Waals surface area (Å²) in [7, 11) is 1.78. The van der Waals surface area contributed by atoms with Crippen molar-refractivity contribution in [2.75, 3.05) is 42.3 Å². The Labute approximate surface area is 153 Å². The van der Waals surface area contributed by atoms with Crippen LogP contribution in [0.15, 0.2) is 36.4 Å². The van der Waals surface area contributed by atoms with Crippen molar-refractivity contribution >= 4 is 28.7 Å². The molecular formula is C20H23N3O3. The highest BCUT2D eigenvalue weighted by molar-refractivity contribution is 5.95. The molecule has 0 radical (unpaired) electrons. The first-order chi connectivity index (χ1) is 12.6. The summed E-state index contributed by atoms with van der Waals surface area (Å²) in [4.78, 5) is 13.7. The summed E-state index contributed by atoms with van der Waals surface area (Å²) in [5, 5.41) is 6.24. The second-order valence-electron chi connectivity index (χ2n) is 6.76. The molecule has 26 heavy (non-hydrogen) atoms. The van der Waals surface area contributed by atoms with E-state index in [4.69, 9.17) is 9.47 Å². The van der Waals surface area contributed by atoms with E-state index >= 15 is 0 Å². The second-order valence-corrected chi connectivity index (χ2v) is 6.76. The molecule has 2 heterocycles. The van der Waals surface area contributed by atoms with Gasteiger partial charge in [0, 0.05) is 43.3 Å². The average Bonchev–Trinajstić information content (AvgIpc) is 3.13. The lowest BCUT2D eigenvalue weighted by molar-refractivity contribution is -0.118. The molecule has 2 aromatic rings. The van der Waals surface area contributed by atoms with E-state index < -0.39 is 0 Å². The molecule has 0 bridgehead atoms. The Bertz CT molecular complexity index is 837. The van der Waals surface area contributed by atoms with E-state index in [0.717, 1.165) is 30.9 Å². The first-order valence-corrected chi connectivity index (χ1v) is 8.84. The van der Waals surface area contributed by atoms with Gasteiger partial charge in [-0.25, -0.2) is 0 Å². The van der Waals surface area contributed by atoms with Crippen LogP contribution in [-0.2, 0) is 9.53 Å². The third-order valence-electron chi connectivity index (χ3n) is 4.95. The molecule has 4 rings (SSSR count). The van der Waals surface area contributed by atoms with Crippen molar-refractivity contribution in [2.24, 2.45) is 0 Å². The van der Waals surface area contributed by atoms with Crippen LogP contribution in [0.5, 0.6) is 5.75 Å². The van der Waals surface area contributed by atoms with Gasteiger partial charge in [-0.3, -0.25) is 4.79 Å². The third-order valence-corrected chi connectivity index (χ3v) is 4.95. The highest BCUT2D eigenvalue weighted by Gasteiger charge is 2.22. The van der Waals surface area contributed by atoms with Gasteiger partial charge in [-0.1, -0.05) is 0 Å². The fraction of sp³-hybridized carbons (Fsp3) is 0.350. The van der Waals surface area contributed by atoms with E-state index in [0.29, 0.717) is 17.5 Å². The predicted molar refractivity (Wildman–Crippen MR) is 103 cm³/mol. The Morgan fingerprint density at radius 2 is 2.15 bits per heavy atom. The number of fused-ring (bicyclic) bond motifs is 1. The van der Waals surface area contributed by atoms with Crippen LogP contribution in [-0.4, -0.2) is 38.8 Å². The number of methoxy groups -OCH3 is 1. The number of aryl methyl sites for hydroxylation is 1. The number of carbonyl (C=O) groups is 1.